The van der Waals surface area contributed by atoms with Crippen molar-refractivity contribution >= 4 is 17.8 Å². The number of carbonyl (C=O) groups is 3. The lowest BCUT2D eigenvalue weighted by atomic mass is 9.96. The van der Waals surface area contributed by atoms with Crippen LogP contribution in [0.1, 0.15) is 52.4 Å². The summed E-state index contributed by atoms with van der Waals surface area (Å²) in [7, 11) is 1.25. The van der Waals surface area contributed by atoms with Crippen LogP contribution in [0.25, 0.3) is 0 Å². The zero-order chi connectivity index (χ0) is 15.5. The van der Waals surface area contributed by atoms with Crippen molar-refractivity contribution in [2.45, 2.75) is 58.4 Å². The third-order valence-corrected chi connectivity index (χ3v) is 3.12. The number of hydrogen-bond donors (Lipinski definition) is 2. The predicted octanol–water partition coefficient (Wildman–Crippen LogP) is 1.73. The minimum absolute atomic E-state index is 0.0278. The van der Waals surface area contributed by atoms with Gasteiger partial charge in [-0.05, 0) is 19.3 Å². The molecule has 0 aromatic rings. The normalized spacial score (nSPS) is 12.0. The topological polar surface area (TPSA) is 92.7 Å². The van der Waals surface area contributed by atoms with Gasteiger partial charge in [-0.25, -0.2) is 4.79 Å². The summed E-state index contributed by atoms with van der Waals surface area (Å²) in [5, 5.41) is 11.6. The Balaban J connectivity index is 4.51. The molecule has 0 aliphatic rings. The van der Waals surface area contributed by atoms with Crippen molar-refractivity contribution in [3.05, 3.63) is 0 Å². The van der Waals surface area contributed by atoms with Gasteiger partial charge in [-0.1, -0.05) is 26.7 Å². The molecule has 0 saturated carbocycles. The Hall–Kier alpha value is -1.59. The molecule has 0 saturated heterocycles. The van der Waals surface area contributed by atoms with Crippen LogP contribution in [0.4, 0.5) is 0 Å². The Kier molecular flexibility index (Phi) is 9.41. The van der Waals surface area contributed by atoms with Crippen molar-refractivity contribution in [1.29, 1.82) is 0 Å². The van der Waals surface area contributed by atoms with Crippen LogP contribution in [-0.4, -0.2) is 36.1 Å². The lowest BCUT2D eigenvalue weighted by Crippen LogP contribution is -2.44. The van der Waals surface area contributed by atoms with Gasteiger partial charge >= 0.3 is 11.9 Å². The van der Waals surface area contributed by atoms with Gasteiger partial charge in [0.1, 0.15) is 6.04 Å². The van der Waals surface area contributed by atoms with Crippen LogP contribution in [-0.2, 0) is 19.1 Å². The number of hydrogen-bond acceptors (Lipinski definition) is 4. The standard InChI is InChI=1S/C14H25NO5/c1-4-6-10(7-5-2)13(17)15-11(14(18)19)8-9-12(16)20-3/h10-11H,4-9H2,1-3H3,(H,15,17)(H,18,19)/t11-/m1/s1. The Morgan fingerprint density at radius 2 is 1.65 bits per heavy atom. The number of methoxy groups -OCH3 is 1. The largest absolute Gasteiger partial charge is 0.480 e. The molecular formula is C14H25NO5. The Morgan fingerprint density at radius 3 is 2.05 bits per heavy atom. The van der Waals surface area contributed by atoms with Crippen LogP contribution >= 0.6 is 0 Å². The van der Waals surface area contributed by atoms with E-state index in [1.165, 1.54) is 7.11 Å². The van der Waals surface area contributed by atoms with E-state index >= 15 is 0 Å². The summed E-state index contributed by atoms with van der Waals surface area (Å²) < 4.78 is 4.47. The highest BCUT2D eigenvalue weighted by molar-refractivity contribution is 5.85. The number of carbonyl (C=O) groups excluding carboxylic acids is 2. The van der Waals surface area contributed by atoms with Crippen LogP contribution in [0.3, 0.4) is 0 Å². The van der Waals surface area contributed by atoms with Crippen molar-refractivity contribution in [2.24, 2.45) is 5.92 Å². The van der Waals surface area contributed by atoms with E-state index in [0.717, 1.165) is 25.7 Å². The third kappa shape index (κ3) is 7.11. The van der Waals surface area contributed by atoms with Crippen molar-refractivity contribution in [3.8, 4) is 0 Å². The molecule has 2 N–H and O–H groups in total. The van der Waals surface area contributed by atoms with Crippen molar-refractivity contribution < 1.29 is 24.2 Å². The van der Waals surface area contributed by atoms with Crippen LogP contribution in [0, 0.1) is 5.92 Å². The molecule has 6 nitrogen and oxygen atoms in total. The average Bonchev–Trinajstić information content (AvgIpc) is 2.42. The number of esters is 1. The molecule has 0 fully saturated rings. The minimum Gasteiger partial charge on any atom is -0.480 e. The number of aliphatic carboxylic acids is 1. The van der Waals surface area contributed by atoms with E-state index in [-0.39, 0.29) is 24.7 Å². The third-order valence-electron chi connectivity index (χ3n) is 3.12. The number of amides is 1. The first kappa shape index (κ1) is 18.4. The van der Waals surface area contributed by atoms with Gasteiger partial charge in [0, 0.05) is 12.3 Å². The van der Waals surface area contributed by atoms with Crippen LogP contribution in [0.15, 0.2) is 0 Å². The van der Waals surface area contributed by atoms with Gasteiger partial charge in [0.2, 0.25) is 5.91 Å². The number of rotatable bonds is 10. The molecule has 6 heteroatoms. The monoisotopic (exact) mass is 287 g/mol. The molecule has 0 aliphatic carbocycles. The first-order valence-electron chi connectivity index (χ1n) is 7.06. The molecule has 0 aromatic heterocycles. The predicted molar refractivity (Wildman–Crippen MR) is 74.1 cm³/mol. The number of nitrogens with one attached hydrogen (secondary N) is 1. The van der Waals surface area contributed by atoms with Crippen molar-refractivity contribution in [2.75, 3.05) is 7.11 Å². The molecule has 0 aliphatic heterocycles. The fraction of sp³-hybridized carbons (Fsp3) is 0.786. The fourth-order valence-corrected chi connectivity index (χ4v) is 2.01. The van der Waals surface area contributed by atoms with E-state index in [2.05, 4.69) is 10.1 Å². The summed E-state index contributed by atoms with van der Waals surface area (Å²) in [5.74, 6) is -2.02. The minimum atomic E-state index is -1.13. The first-order chi connectivity index (χ1) is 9.46. The summed E-state index contributed by atoms with van der Waals surface area (Å²) in [6.45, 7) is 3.98. The van der Waals surface area contributed by atoms with E-state index in [1.807, 2.05) is 13.8 Å². The first-order valence-corrected chi connectivity index (χ1v) is 7.06. The summed E-state index contributed by atoms with van der Waals surface area (Å²) in [6, 6.07) is -1.04. The summed E-state index contributed by atoms with van der Waals surface area (Å²) in [4.78, 5) is 34.2. The van der Waals surface area contributed by atoms with E-state index in [1.54, 1.807) is 0 Å². The van der Waals surface area contributed by atoms with Gasteiger partial charge in [-0.2, -0.15) is 0 Å². The van der Waals surface area contributed by atoms with E-state index in [4.69, 9.17) is 5.11 Å². The summed E-state index contributed by atoms with van der Waals surface area (Å²) in [6.07, 6.45) is 3.24. The molecule has 0 bridgehead atoms. The summed E-state index contributed by atoms with van der Waals surface area (Å²) >= 11 is 0. The molecule has 20 heavy (non-hydrogen) atoms. The molecular weight excluding hydrogens is 262 g/mol. The second-order valence-electron chi connectivity index (χ2n) is 4.79. The van der Waals surface area contributed by atoms with Gasteiger partial charge in [-0.15, -0.1) is 0 Å². The Morgan fingerprint density at radius 1 is 1.10 bits per heavy atom. The molecule has 0 spiro atoms. The molecule has 1 amide bonds. The zero-order valence-corrected chi connectivity index (χ0v) is 12.5. The van der Waals surface area contributed by atoms with Gasteiger partial charge in [0.15, 0.2) is 0 Å². The Bertz CT molecular complexity index is 324. The molecule has 1 atom stereocenters. The highest BCUT2D eigenvalue weighted by atomic mass is 16.5. The van der Waals surface area contributed by atoms with Crippen molar-refractivity contribution in [3.63, 3.8) is 0 Å². The SMILES string of the molecule is CCCC(CCC)C(=O)N[C@H](CCC(=O)OC)C(=O)O. The average molecular weight is 287 g/mol. The van der Waals surface area contributed by atoms with Gasteiger partial charge in [0.25, 0.3) is 0 Å². The fourth-order valence-electron chi connectivity index (χ4n) is 2.01. The van der Waals surface area contributed by atoms with E-state index in [9.17, 15) is 14.4 Å². The van der Waals surface area contributed by atoms with Crippen LogP contribution < -0.4 is 5.32 Å². The molecule has 0 heterocycles. The lowest BCUT2D eigenvalue weighted by Gasteiger charge is -2.19. The number of carboxylic acids is 1. The van der Waals surface area contributed by atoms with Gasteiger partial charge < -0.3 is 15.2 Å². The van der Waals surface area contributed by atoms with Crippen molar-refractivity contribution in [1.82, 2.24) is 5.32 Å². The lowest BCUT2D eigenvalue weighted by molar-refractivity contribution is -0.144. The zero-order valence-electron chi connectivity index (χ0n) is 12.5. The van der Waals surface area contributed by atoms with Crippen LogP contribution in [0.2, 0.25) is 0 Å². The van der Waals surface area contributed by atoms with E-state index in [0.29, 0.717) is 0 Å². The highest BCUT2D eigenvalue weighted by Crippen LogP contribution is 2.14. The maximum absolute atomic E-state index is 12.1. The molecule has 0 radical (unpaired) electrons. The molecule has 0 aromatic carbocycles. The maximum atomic E-state index is 12.1. The van der Waals surface area contributed by atoms with E-state index < -0.39 is 18.0 Å². The quantitative estimate of drug-likeness (QED) is 0.597. The Labute approximate surface area is 119 Å². The number of carboxylic acid groups (broad SMARTS) is 1. The smallest absolute Gasteiger partial charge is 0.326 e. The molecule has 0 rings (SSSR count). The highest BCUT2D eigenvalue weighted by Gasteiger charge is 2.25. The van der Waals surface area contributed by atoms with Gasteiger partial charge in [-0.3, -0.25) is 9.59 Å². The second kappa shape index (κ2) is 10.2. The molecule has 116 valence electrons. The van der Waals surface area contributed by atoms with Gasteiger partial charge in [0.05, 0.1) is 7.11 Å². The second-order valence-corrected chi connectivity index (χ2v) is 4.79. The summed E-state index contributed by atoms with van der Waals surface area (Å²) in [5.41, 5.74) is 0. The van der Waals surface area contributed by atoms with Crippen LogP contribution in [0.5, 0.6) is 0 Å². The molecule has 0 unspecified atom stereocenters. The maximum Gasteiger partial charge on any atom is 0.326 e. The number of ether oxygens (including phenoxy) is 1.